The molecule has 4 rings (SSSR count). The van der Waals surface area contributed by atoms with Gasteiger partial charge in [0.05, 0.1) is 13.2 Å². The summed E-state index contributed by atoms with van der Waals surface area (Å²) in [7, 11) is 0. The van der Waals surface area contributed by atoms with Crippen molar-refractivity contribution in [2.45, 2.75) is 12.7 Å². The number of aromatic nitrogens is 2. The number of pyridine rings is 1. The molecule has 0 unspecified atom stereocenters. The number of anilines is 1. The molecule has 0 radical (unpaired) electrons. The fourth-order valence-electron chi connectivity index (χ4n) is 3.38. The van der Waals surface area contributed by atoms with E-state index in [4.69, 9.17) is 42.9 Å². The normalized spacial score (nSPS) is 11.4. The predicted molar refractivity (Wildman–Crippen MR) is 135 cm³/mol. The Morgan fingerprint density at radius 1 is 1.11 bits per heavy atom. The smallest absolute Gasteiger partial charge is 0.237 e. The highest BCUT2D eigenvalue weighted by Gasteiger charge is 2.22. The van der Waals surface area contributed by atoms with Gasteiger partial charge in [0, 0.05) is 16.1 Å². The number of aliphatic hydroxyl groups excluding tert-OH is 2. The molecule has 37 heavy (non-hydrogen) atoms. The first-order chi connectivity index (χ1) is 17.9. The second-order valence-electron chi connectivity index (χ2n) is 7.74. The Kier molecular flexibility index (Phi) is 7.86. The SMILES string of the molecule is [C-]#[N+]c1c(N)nc(OCc2coc(-c3ccc(Cl)cc3)n2)c(C#N)c1-c1ccc(OC[C@H](O)CO)cc1. The van der Waals surface area contributed by atoms with Gasteiger partial charge in [-0.3, -0.25) is 0 Å². The number of hydrogen-bond acceptors (Lipinski definition) is 9. The van der Waals surface area contributed by atoms with Crippen LogP contribution in [0.5, 0.6) is 11.6 Å². The van der Waals surface area contributed by atoms with E-state index < -0.39 is 12.7 Å². The lowest BCUT2D eigenvalue weighted by atomic mass is 9.99. The van der Waals surface area contributed by atoms with Crippen molar-refractivity contribution in [3.63, 3.8) is 0 Å². The zero-order valence-electron chi connectivity index (χ0n) is 19.3. The molecule has 0 fully saturated rings. The second kappa shape index (κ2) is 11.4. The summed E-state index contributed by atoms with van der Waals surface area (Å²) in [6.45, 7) is 7.00. The minimum Gasteiger partial charge on any atom is -0.491 e. The second-order valence-corrected chi connectivity index (χ2v) is 8.17. The molecule has 0 saturated carbocycles. The number of oxazole rings is 1. The van der Waals surface area contributed by atoms with Crippen LogP contribution in [-0.2, 0) is 6.61 Å². The van der Waals surface area contributed by atoms with E-state index in [1.54, 1.807) is 48.5 Å². The zero-order valence-corrected chi connectivity index (χ0v) is 20.0. The van der Waals surface area contributed by atoms with Crippen LogP contribution in [0.15, 0.2) is 59.2 Å². The van der Waals surface area contributed by atoms with E-state index in [0.717, 1.165) is 5.56 Å². The van der Waals surface area contributed by atoms with Gasteiger partial charge in [-0.05, 0) is 42.0 Å². The summed E-state index contributed by atoms with van der Waals surface area (Å²) in [5.74, 6) is 0.665. The number of nitriles is 1. The minimum absolute atomic E-state index is 0.0136. The van der Waals surface area contributed by atoms with Gasteiger partial charge in [0.2, 0.25) is 17.5 Å². The van der Waals surface area contributed by atoms with Gasteiger partial charge in [0.25, 0.3) is 0 Å². The number of nitrogens with zero attached hydrogens (tertiary/aromatic N) is 4. The first-order valence-corrected chi connectivity index (χ1v) is 11.3. The summed E-state index contributed by atoms with van der Waals surface area (Å²) >= 11 is 5.92. The lowest BCUT2D eigenvalue weighted by molar-refractivity contribution is 0.0536. The van der Waals surface area contributed by atoms with E-state index in [2.05, 4.69) is 20.9 Å². The van der Waals surface area contributed by atoms with Crippen molar-refractivity contribution in [3.05, 3.63) is 82.5 Å². The fourth-order valence-corrected chi connectivity index (χ4v) is 3.50. The monoisotopic (exact) mass is 517 g/mol. The molecular formula is C26H20ClN5O5. The maximum Gasteiger partial charge on any atom is 0.237 e. The quantitative estimate of drug-likeness (QED) is 0.275. The van der Waals surface area contributed by atoms with Crippen LogP contribution >= 0.6 is 11.6 Å². The molecular weight excluding hydrogens is 498 g/mol. The largest absolute Gasteiger partial charge is 0.491 e. The third kappa shape index (κ3) is 5.80. The standard InChI is InChI=1S/C26H20ClN5O5/c1-30-23-22(15-4-8-20(9-5-15)35-14-19(34)11-33)21(10-28)26(32-24(23)29)37-13-18-12-36-25(31-18)16-2-6-17(27)7-3-16/h2-9,12,19,33-34H,11,13-14H2,(H2,29,32)/t19-/m1/s1. The average molecular weight is 518 g/mol. The van der Waals surface area contributed by atoms with Gasteiger partial charge in [-0.1, -0.05) is 23.7 Å². The highest BCUT2D eigenvalue weighted by atomic mass is 35.5. The van der Waals surface area contributed by atoms with Crippen molar-refractivity contribution in [3.8, 4) is 40.3 Å². The lowest BCUT2D eigenvalue weighted by Crippen LogP contribution is -2.21. The minimum atomic E-state index is -1.01. The maximum absolute atomic E-state index is 9.94. The Bertz CT molecular complexity index is 1470. The van der Waals surface area contributed by atoms with Gasteiger partial charge in [-0.15, -0.1) is 0 Å². The highest BCUT2D eigenvalue weighted by molar-refractivity contribution is 6.30. The third-order valence-corrected chi connectivity index (χ3v) is 5.44. The Labute approximate surface area is 216 Å². The molecule has 10 nitrogen and oxygen atoms in total. The lowest BCUT2D eigenvalue weighted by Gasteiger charge is -2.14. The van der Waals surface area contributed by atoms with Crippen molar-refractivity contribution >= 4 is 23.1 Å². The van der Waals surface area contributed by atoms with Crippen LogP contribution in [0.1, 0.15) is 11.3 Å². The van der Waals surface area contributed by atoms with Gasteiger partial charge in [-0.2, -0.15) is 5.26 Å². The summed E-state index contributed by atoms with van der Waals surface area (Å²) in [5.41, 5.74) is 8.07. The fraction of sp³-hybridized carbons (Fsp3) is 0.154. The van der Waals surface area contributed by atoms with Gasteiger partial charge in [0.15, 0.2) is 0 Å². The molecule has 2 aromatic heterocycles. The zero-order chi connectivity index (χ0) is 26.4. The summed E-state index contributed by atoms with van der Waals surface area (Å²) in [6.07, 6.45) is 0.422. The van der Waals surface area contributed by atoms with E-state index >= 15 is 0 Å². The predicted octanol–water partition coefficient (Wildman–Crippen LogP) is 4.37. The van der Waals surface area contributed by atoms with Crippen LogP contribution < -0.4 is 15.2 Å². The third-order valence-electron chi connectivity index (χ3n) is 5.18. The van der Waals surface area contributed by atoms with E-state index in [0.29, 0.717) is 27.9 Å². The van der Waals surface area contributed by atoms with Crippen LogP contribution in [0.4, 0.5) is 11.5 Å². The van der Waals surface area contributed by atoms with E-state index in [1.165, 1.54) is 6.26 Å². The van der Waals surface area contributed by atoms with Crippen molar-refractivity contribution in [2.24, 2.45) is 0 Å². The molecule has 2 aromatic carbocycles. The van der Waals surface area contributed by atoms with Gasteiger partial charge < -0.3 is 29.8 Å². The summed E-state index contributed by atoms with van der Waals surface area (Å²) in [4.78, 5) is 12.0. The van der Waals surface area contributed by atoms with Crippen LogP contribution in [0.2, 0.25) is 5.02 Å². The van der Waals surface area contributed by atoms with Gasteiger partial charge in [-0.25, -0.2) is 14.8 Å². The highest BCUT2D eigenvalue weighted by Crippen LogP contribution is 2.41. The van der Waals surface area contributed by atoms with Crippen LogP contribution in [0, 0.1) is 17.9 Å². The van der Waals surface area contributed by atoms with Crippen molar-refractivity contribution in [1.29, 1.82) is 5.26 Å². The number of ether oxygens (including phenoxy) is 2. The van der Waals surface area contributed by atoms with Crippen molar-refractivity contribution < 1.29 is 24.1 Å². The number of hydrogen-bond donors (Lipinski definition) is 3. The summed E-state index contributed by atoms with van der Waals surface area (Å²) < 4.78 is 16.7. The molecule has 0 saturated heterocycles. The van der Waals surface area contributed by atoms with Gasteiger partial charge >= 0.3 is 0 Å². The Morgan fingerprint density at radius 2 is 1.81 bits per heavy atom. The Morgan fingerprint density at radius 3 is 2.46 bits per heavy atom. The Balaban J connectivity index is 1.60. The molecule has 4 N–H and O–H groups in total. The topological polar surface area (TPSA) is 152 Å². The van der Waals surface area contributed by atoms with Crippen LogP contribution in [0.25, 0.3) is 27.4 Å². The number of aliphatic hydroxyl groups is 2. The maximum atomic E-state index is 9.94. The first kappa shape index (κ1) is 25.5. The molecule has 2 heterocycles. The molecule has 186 valence electrons. The number of benzene rings is 2. The van der Waals surface area contributed by atoms with E-state index in [1.807, 2.05) is 0 Å². The summed E-state index contributed by atoms with van der Waals surface area (Å²) in [6, 6.07) is 15.6. The summed E-state index contributed by atoms with van der Waals surface area (Å²) in [5, 5.41) is 28.9. The molecule has 0 spiro atoms. The average Bonchev–Trinajstić information content (AvgIpc) is 3.39. The Hall–Kier alpha value is -4.61. The molecule has 11 heteroatoms. The molecule has 0 aliphatic rings. The van der Waals surface area contributed by atoms with E-state index in [-0.39, 0.29) is 41.7 Å². The van der Waals surface area contributed by atoms with Crippen molar-refractivity contribution in [1.82, 2.24) is 9.97 Å². The van der Waals surface area contributed by atoms with Gasteiger partial charge in [0.1, 0.15) is 54.5 Å². The molecule has 0 aliphatic carbocycles. The molecule has 1 atom stereocenters. The molecule has 0 bridgehead atoms. The van der Waals surface area contributed by atoms with Crippen molar-refractivity contribution in [2.75, 3.05) is 18.9 Å². The number of halogens is 1. The number of rotatable bonds is 9. The number of nitrogens with two attached hydrogens (primary N) is 1. The van der Waals surface area contributed by atoms with Crippen LogP contribution in [-0.4, -0.2) is 39.5 Å². The number of nitrogen functional groups attached to an aromatic ring is 1. The molecule has 0 aliphatic heterocycles. The first-order valence-electron chi connectivity index (χ1n) is 10.9. The van der Waals surface area contributed by atoms with E-state index in [9.17, 15) is 10.4 Å². The van der Waals surface area contributed by atoms with Crippen LogP contribution in [0.3, 0.4) is 0 Å². The molecule has 0 amide bonds. The molecule has 4 aromatic rings.